The van der Waals surface area contributed by atoms with Crippen LogP contribution in [0.1, 0.15) is 73.1 Å². The predicted molar refractivity (Wildman–Crippen MR) is 194 cm³/mol. The van der Waals surface area contributed by atoms with E-state index >= 15 is 8.78 Å². The topological polar surface area (TPSA) is 127 Å². The van der Waals surface area contributed by atoms with Crippen molar-refractivity contribution < 1.29 is 54.2 Å². The van der Waals surface area contributed by atoms with Crippen LogP contribution in [0.25, 0.3) is 22.0 Å². The number of fused-ring (bicyclic) bond motifs is 4. The average molecular weight is 852 g/mol. The van der Waals surface area contributed by atoms with Gasteiger partial charge in [-0.1, -0.05) is 30.5 Å². The van der Waals surface area contributed by atoms with E-state index in [2.05, 4.69) is 32.3 Å². The van der Waals surface area contributed by atoms with E-state index in [9.17, 15) is 45.4 Å². The van der Waals surface area contributed by atoms with Crippen LogP contribution in [0.3, 0.4) is 0 Å². The molecule has 10 nitrogen and oxygen atoms in total. The number of aromatic nitrogens is 5. The van der Waals surface area contributed by atoms with Crippen molar-refractivity contribution in [1.82, 2.24) is 29.9 Å². The fraction of sp³-hybridized carbons (Fsp3) is 0.359. The average Bonchev–Trinajstić information content (AvgIpc) is 3.35. The van der Waals surface area contributed by atoms with Gasteiger partial charge in [-0.25, -0.2) is 22.5 Å². The maximum absolute atomic E-state index is 15.6. The number of hydrogen-bond acceptors (Lipinski definition) is 6. The molecule has 0 unspecified atom stereocenters. The molecule has 0 saturated heterocycles. The van der Waals surface area contributed by atoms with E-state index in [1.54, 1.807) is 5.32 Å². The number of amides is 2. The number of carbonyl (C=O) groups excluding carboxylic acids is 2. The number of carbonyl (C=O) groups is 2. The zero-order chi connectivity index (χ0) is 43.1. The molecule has 0 radical (unpaired) electrons. The third-order valence-electron chi connectivity index (χ3n) is 10.1. The molecule has 7 rings (SSSR count). The molecule has 0 spiro atoms. The van der Waals surface area contributed by atoms with Gasteiger partial charge in [-0.3, -0.25) is 19.0 Å². The number of alkyl halides is 7. The van der Waals surface area contributed by atoms with E-state index in [1.807, 2.05) is 0 Å². The van der Waals surface area contributed by atoms with Gasteiger partial charge >= 0.3 is 12.1 Å². The number of halogens is 10. The van der Waals surface area contributed by atoms with E-state index < -0.39 is 102 Å². The smallest absolute Gasteiger partial charge is 0.378 e. The molecular weight excluding hydrogens is 821 g/mol. The van der Waals surface area contributed by atoms with Crippen LogP contribution < -0.4 is 10.6 Å². The van der Waals surface area contributed by atoms with E-state index in [0.29, 0.717) is 10.7 Å². The first kappa shape index (κ1) is 41.5. The van der Waals surface area contributed by atoms with Gasteiger partial charge in [0.2, 0.25) is 5.91 Å². The summed E-state index contributed by atoms with van der Waals surface area (Å²) in [5, 5.41) is 22.1. The zero-order valence-corrected chi connectivity index (χ0v) is 31.9. The van der Waals surface area contributed by atoms with Crippen LogP contribution in [-0.4, -0.2) is 53.2 Å². The summed E-state index contributed by atoms with van der Waals surface area (Å²) in [7, 11) is 1.34. The second-order valence-electron chi connectivity index (χ2n) is 14.9. The lowest BCUT2D eigenvalue weighted by atomic mass is 9.93. The first-order valence-electron chi connectivity index (χ1n) is 17.8. The minimum absolute atomic E-state index is 0.0108. The third-order valence-corrected chi connectivity index (χ3v) is 10.4. The summed E-state index contributed by atoms with van der Waals surface area (Å²) in [5.41, 5.74) is -3.34. The van der Waals surface area contributed by atoms with E-state index in [1.165, 1.54) is 52.1 Å². The third kappa shape index (κ3) is 7.82. The Hall–Kier alpha value is -5.61. The van der Waals surface area contributed by atoms with Gasteiger partial charge in [0.05, 0.1) is 27.7 Å². The van der Waals surface area contributed by atoms with Crippen LogP contribution >= 0.6 is 11.6 Å². The molecule has 20 heteroatoms. The SMILES string of the molecule is C[C@@H]1[C@@H]2c3c(C(F)F)nn(CC(=O)N[C@@H](Cc4cc(F)cc(F)c4)c4nc(C#CC(C)(C)O)ccc4-c4ccc(Cl)c5c(NC(=O)C(F)(F)F)nn(C)c45)c3C(F)(F)[C@H]12. The number of pyridine rings is 1. The van der Waals surface area contributed by atoms with Gasteiger partial charge < -0.3 is 15.7 Å². The summed E-state index contributed by atoms with van der Waals surface area (Å²) >= 11 is 6.45. The summed E-state index contributed by atoms with van der Waals surface area (Å²) in [6, 6.07) is 6.64. The van der Waals surface area contributed by atoms with E-state index in [-0.39, 0.29) is 49.6 Å². The Balaban J connectivity index is 1.38. The molecule has 1 saturated carbocycles. The van der Waals surface area contributed by atoms with Gasteiger partial charge in [0, 0.05) is 41.6 Å². The van der Waals surface area contributed by atoms with Crippen LogP contribution in [0, 0.1) is 35.3 Å². The largest absolute Gasteiger partial charge is 0.471 e. The lowest BCUT2D eigenvalue weighted by Crippen LogP contribution is -2.35. The lowest BCUT2D eigenvalue weighted by molar-refractivity contribution is -0.167. The number of nitrogens with zero attached hydrogens (tertiary/aromatic N) is 5. The fourth-order valence-electron chi connectivity index (χ4n) is 7.74. The van der Waals surface area contributed by atoms with Crippen molar-refractivity contribution in [2.75, 3.05) is 5.32 Å². The van der Waals surface area contributed by atoms with Gasteiger partial charge in [0.15, 0.2) is 5.82 Å². The van der Waals surface area contributed by atoms with Crippen molar-refractivity contribution >= 4 is 40.1 Å². The molecule has 3 aromatic heterocycles. The van der Waals surface area contributed by atoms with E-state index in [4.69, 9.17) is 11.6 Å². The molecule has 2 amide bonds. The Morgan fingerprint density at radius 1 is 1.02 bits per heavy atom. The molecular formula is C39H31ClF9N7O3. The molecule has 2 aliphatic carbocycles. The highest BCUT2D eigenvalue weighted by Crippen LogP contribution is 2.71. The maximum atomic E-state index is 15.6. The van der Waals surface area contributed by atoms with E-state index in [0.717, 1.165) is 16.8 Å². The van der Waals surface area contributed by atoms with Crippen LogP contribution in [0.2, 0.25) is 5.02 Å². The maximum Gasteiger partial charge on any atom is 0.471 e. The number of aliphatic hydroxyl groups is 1. The van der Waals surface area contributed by atoms with Crippen molar-refractivity contribution in [3.05, 3.63) is 93.0 Å². The van der Waals surface area contributed by atoms with Crippen LogP contribution in [0.4, 0.5) is 45.3 Å². The Bertz CT molecular complexity index is 2590. The monoisotopic (exact) mass is 851 g/mol. The normalized spacial score (nSPS) is 18.6. The minimum atomic E-state index is -5.29. The molecule has 2 aromatic carbocycles. The summed E-state index contributed by atoms with van der Waals surface area (Å²) in [6.07, 6.45) is -8.95. The number of anilines is 1. The van der Waals surface area contributed by atoms with Crippen LogP contribution in [0.15, 0.2) is 42.5 Å². The van der Waals surface area contributed by atoms with Gasteiger partial charge in [-0.05, 0) is 68.0 Å². The van der Waals surface area contributed by atoms with Gasteiger partial charge in [0.1, 0.15) is 40.9 Å². The first-order valence-corrected chi connectivity index (χ1v) is 18.2. The molecule has 4 atom stereocenters. The van der Waals surface area contributed by atoms with Crippen molar-refractivity contribution in [3.8, 4) is 23.0 Å². The number of hydrogen-bond donors (Lipinski definition) is 3. The molecule has 1 fully saturated rings. The summed E-state index contributed by atoms with van der Waals surface area (Å²) in [5.74, 6) is -6.96. The molecule has 5 aromatic rings. The highest BCUT2D eigenvalue weighted by Gasteiger charge is 2.71. The van der Waals surface area contributed by atoms with Crippen LogP contribution in [-0.2, 0) is 35.5 Å². The van der Waals surface area contributed by atoms with Gasteiger partial charge in [-0.15, -0.1) is 0 Å². The number of nitrogens with one attached hydrogen (secondary N) is 2. The first-order chi connectivity index (χ1) is 27.5. The fourth-order valence-corrected chi connectivity index (χ4v) is 7.98. The Kier molecular flexibility index (Phi) is 10.3. The molecule has 310 valence electrons. The van der Waals surface area contributed by atoms with Crippen molar-refractivity contribution in [1.29, 1.82) is 0 Å². The Morgan fingerprint density at radius 3 is 2.31 bits per heavy atom. The van der Waals surface area contributed by atoms with Crippen molar-refractivity contribution in [3.63, 3.8) is 0 Å². The standard InChI is InChI=1S/C39H31ClF9N7O3/c1-16-26-28-31(34(43)44)53-56(33(28)38(45,46)29(16)26)15-25(57)51-24(13-17-11-18(41)14-19(42)12-17)30-21(6-5-20(50-30)9-10-37(2,3)59)22-7-8-23(40)27-32(22)55(4)54-35(27)52-36(58)39(47,48)49/h5-8,11-12,14,16,24,26,29,34,59H,13,15H2,1-4H3,(H,51,57)(H,52,54,58)/t16-,24+,26-,29-/m1/s1. The predicted octanol–water partition coefficient (Wildman–Crippen LogP) is 7.88. The number of aryl methyl sites for hydroxylation is 1. The highest BCUT2D eigenvalue weighted by molar-refractivity contribution is 6.37. The van der Waals surface area contributed by atoms with Gasteiger partial charge in [0.25, 0.3) is 12.3 Å². The molecule has 59 heavy (non-hydrogen) atoms. The summed E-state index contributed by atoms with van der Waals surface area (Å²) < 4.78 is 130. The quantitative estimate of drug-likeness (QED) is 0.102. The van der Waals surface area contributed by atoms with Crippen molar-refractivity contribution in [2.45, 2.75) is 69.8 Å². The molecule has 0 bridgehead atoms. The summed E-state index contributed by atoms with van der Waals surface area (Å²) in [6.45, 7) is 3.29. The zero-order valence-electron chi connectivity index (χ0n) is 31.1. The minimum Gasteiger partial charge on any atom is -0.378 e. The number of benzene rings is 2. The number of rotatable bonds is 9. The lowest BCUT2D eigenvalue weighted by Gasteiger charge is -2.23. The molecule has 0 aliphatic heterocycles. The Labute approximate surface area is 333 Å². The molecule has 3 N–H and O–H groups in total. The molecule has 3 heterocycles. The highest BCUT2D eigenvalue weighted by atomic mass is 35.5. The van der Waals surface area contributed by atoms with Crippen molar-refractivity contribution in [2.24, 2.45) is 18.9 Å². The van der Waals surface area contributed by atoms with Crippen LogP contribution in [0.5, 0.6) is 0 Å². The van der Waals surface area contributed by atoms with Gasteiger partial charge in [-0.2, -0.15) is 32.1 Å². The summed E-state index contributed by atoms with van der Waals surface area (Å²) in [4.78, 5) is 30.5. The molecule has 2 aliphatic rings. The second kappa shape index (κ2) is 14.6. The second-order valence-corrected chi connectivity index (χ2v) is 15.3. The Morgan fingerprint density at radius 2 is 1.68 bits per heavy atom.